The lowest BCUT2D eigenvalue weighted by atomic mass is 10.2. The van der Waals surface area contributed by atoms with Gasteiger partial charge in [0, 0.05) is 32.0 Å². The number of carbonyl (C=O) groups excluding carboxylic acids is 1. The SMILES string of the molecule is CCCNC(CCN1CCn2ccnc2C1)C(=O)OCC. The first-order valence-electron chi connectivity index (χ1n) is 7.87. The van der Waals surface area contributed by atoms with Crippen LogP contribution in [0.25, 0.3) is 0 Å². The van der Waals surface area contributed by atoms with Gasteiger partial charge in [-0.2, -0.15) is 0 Å². The van der Waals surface area contributed by atoms with Crippen molar-refractivity contribution in [2.45, 2.75) is 45.8 Å². The van der Waals surface area contributed by atoms with Gasteiger partial charge in [0.1, 0.15) is 11.9 Å². The first kappa shape index (κ1) is 16.0. The second kappa shape index (κ2) is 8.14. The molecule has 0 spiro atoms. The number of aromatic nitrogens is 2. The van der Waals surface area contributed by atoms with Gasteiger partial charge in [-0.1, -0.05) is 6.92 Å². The third kappa shape index (κ3) is 4.54. The average molecular weight is 294 g/mol. The van der Waals surface area contributed by atoms with Crippen molar-refractivity contribution >= 4 is 5.97 Å². The van der Waals surface area contributed by atoms with Crippen molar-refractivity contribution in [2.75, 3.05) is 26.2 Å². The molecule has 2 heterocycles. The summed E-state index contributed by atoms with van der Waals surface area (Å²) >= 11 is 0. The Morgan fingerprint density at radius 2 is 2.33 bits per heavy atom. The average Bonchev–Trinajstić information content (AvgIpc) is 2.95. The molecule has 0 amide bonds. The van der Waals surface area contributed by atoms with Gasteiger partial charge < -0.3 is 14.6 Å². The molecule has 0 radical (unpaired) electrons. The highest BCUT2D eigenvalue weighted by Gasteiger charge is 2.22. The minimum Gasteiger partial charge on any atom is -0.465 e. The van der Waals surface area contributed by atoms with E-state index in [1.807, 2.05) is 19.3 Å². The maximum absolute atomic E-state index is 12.0. The van der Waals surface area contributed by atoms with Crippen molar-refractivity contribution in [3.63, 3.8) is 0 Å². The zero-order valence-corrected chi connectivity index (χ0v) is 13.0. The number of rotatable bonds is 8. The van der Waals surface area contributed by atoms with E-state index in [0.717, 1.165) is 51.4 Å². The number of ether oxygens (including phenoxy) is 1. The van der Waals surface area contributed by atoms with Gasteiger partial charge in [-0.3, -0.25) is 9.69 Å². The predicted octanol–water partition coefficient (Wildman–Crippen LogP) is 1.02. The van der Waals surface area contributed by atoms with Crippen molar-refractivity contribution in [1.82, 2.24) is 19.8 Å². The van der Waals surface area contributed by atoms with E-state index in [9.17, 15) is 4.79 Å². The quantitative estimate of drug-likeness (QED) is 0.725. The van der Waals surface area contributed by atoms with E-state index in [1.165, 1.54) is 0 Å². The lowest BCUT2D eigenvalue weighted by molar-refractivity contribution is -0.146. The van der Waals surface area contributed by atoms with Crippen LogP contribution >= 0.6 is 0 Å². The first-order valence-corrected chi connectivity index (χ1v) is 7.87. The number of nitrogens with zero attached hydrogens (tertiary/aromatic N) is 3. The molecule has 0 aromatic carbocycles. The molecule has 21 heavy (non-hydrogen) atoms. The normalized spacial score (nSPS) is 16.5. The second-order valence-electron chi connectivity index (χ2n) is 5.36. The van der Waals surface area contributed by atoms with Crippen LogP contribution in [-0.2, 0) is 22.6 Å². The highest BCUT2D eigenvalue weighted by atomic mass is 16.5. The van der Waals surface area contributed by atoms with E-state index >= 15 is 0 Å². The van der Waals surface area contributed by atoms with Gasteiger partial charge in [-0.15, -0.1) is 0 Å². The summed E-state index contributed by atoms with van der Waals surface area (Å²) in [7, 11) is 0. The Morgan fingerprint density at radius 1 is 1.48 bits per heavy atom. The molecule has 1 atom stereocenters. The molecule has 0 bridgehead atoms. The summed E-state index contributed by atoms with van der Waals surface area (Å²) in [4.78, 5) is 18.7. The molecule has 1 aliphatic heterocycles. The van der Waals surface area contributed by atoms with Gasteiger partial charge in [0.15, 0.2) is 0 Å². The number of hydrogen-bond acceptors (Lipinski definition) is 5. The Balaban J connectivity index is 1.82. The molecule has 2 rings (SSSR count). The fourth-order valence-corrected chi connectivity index (χ4v) is 2.59. The third-order valence-electron chi connectivity index (χ3n) is 3.77. The smallest absolute Gasteiger partial charge is 0.323 e. The van der Waals surface area contributed by atoms with Crippen LogP contribution in [0.1, 0.15) is 32.5 Å². The molecule has 1 N–H and O–H groups in total. The summed E-state index contributed by atoms with van der Waals surface area (Å²) in [6, 6.07) is -0.202. The van der Waals surface area contributed by atoms with Crippen LogP contribution in [0.2, 0.25) is 0 Å². The molecule has 6 nitrogen and oxygen atoms in total. The van der Waals surface area contributed by atoms with Crippen LogP contribution in [0.3, 0.4) is 0 Å². The number of fused-ring (bicyclic) bond motifs is 1. The first-order chi connectivity index (χ1) is 10.2. The van der Waals surface area contributed by atoms with Gasteiger partial charge in [0.25, 0.3) is 0 Å². The second-order valence-corrected chi connectivity index (χ2v) is 5.36. The fraction of sp³-hybridized carbons (Fsp3) is 0.733. The van der Waals surface area contributed by atoms with Crippen LogP contribution in [0, 0.1) is 0 Å². The van der Waals surface area contributed by atoms with Crippen molar-refractivity contribution in [3.8, 4) is 0 Å². The number of hydrogen-bond donors (Lipinski definition) is 1. The molecule has 0 saturated heterocycles. The summed E-state index contributed by atoms with van der Waals surface area (Å²) in [6.45, 7) is 8.94. The molecule has 1 aromatic heterocycles. The summed E-state index contributed by atoms with van der Waals surface area (Å²) in [5, 5.41) is 3.29. The Labute approximate surface area is 126 Å². The Kier molecular flexibility index (Phi) is 6.20. The third-order valence-corrected chi connectivity index (χ3v) is 3.77. The van der Waals surface area contributed by atoms with Crippen molar-refractivity contribution in [1.29, 1.82) is 0 Å². The highest BCUT2D eigenvalue weighted by molar-refractivity contribution is 5.75. The summed E-state index contributed by atoms with van der Waals surface area (Å²) in [5.41, 5.74) is 0. The summed E-state index contributed by atoms with van der Waals surface area (Å²) in [6.07, 6.45) is 5.66. The topological polar surface area (TPSA) is 59.4 Å². The molecular weight excluding hydrogens is 268 g/mol. The Morgan fingerprint density at radius 3 is 3.10 bits per heavy atom. The van der Waals surface area contributed by atoms with Crippen molar-refractivity contribution < 1.29 is 9.53 Å². The summed E-state index contributed by atoms with van der Waals surface area (Å²) < 4.78 is 7.34. The van der Waals surface area contributed by atoms with E-state index in [0.29, 0.717) is 6.61 Å². The lowest BCUT2D eigenvalue weighted by Gasteiger charge is -2.28. The van der Waals surface area contributed by atoms with Crippen LogP contribution in [-0.4, -0.2) is 52.7 Å². The largest absolute Gasteiger partial charge is 0.465 e. The highest BCUT2D eigenvalue weighted by Crippen LogP contribution is 2.11. The van der Waals surface area contributed by atoms with Gasteiger partial charge in [-0.25, -0.2) is 4.98 Å². The zero-order chi connectivity index (χ0) is 15.1. The monoisotopic (exact) mass is 294 g/mol. The molecule has 1 aliphatic rings. The maximum atomic E-state index is 12.0. The molecule has 0 aliphatic carbocycles. The lowest BCUT2D eigenvalue weighted by Crippen LogP contribution is -2.42. The number of nitrogens with one attached hydrogen (secondary N) is 1. The van der Waals surface area contributed by atoms with Crippen molar-refractivity contribution in [2.24, 2.45) is 0 Å². The zero-order valence-electron chi connectivity index (χ0n) is 13.0. The predicted molar refractivity (Wildman–Crippen MR) is 80.8 cm³/mol. The van der Waals surface area contributed by atoms with Crippen LogP contribution in [0.5, 0.6) is 0 Å². The summed E-state index contributed by atoms with van der Waals surface area (Å²) in [5.74, 6) is 0.972. The molecule has 1 unspecified atom stereocenters. The van der Waals surface area contributed by atoms with Gasteiger partial charge >= 0.3 is 5.97 Å². The minimum absolute atomic E-state index is 0.135. The number of esters is 1. The molecular formula is C15H26N4O2. The van der Waals surface area contributed by atoms with Gasteiger partial charge in [0.05, 0.1) is 13.2 Å². The molecule has 1 aromatic rings. The molecule has 0 fully saturated rings. The number of carbonyl (C=O) groups is 1. The molecule has 6 heteroatoms. The number of imidazole rings is 1. The Hall–Kier alpha value is -1.40. The van der Waals surface area contributed by atoms with E-state index in [-0.39, 0.29) is 12.0 Å². The standard InChI is InChI=1S/C15H26N4O2/c1-3-6-16-13(15(20)21-4-2)5-8-18-10-11-19-9-7-17-14(19)12-18/h7,9,13,16H,3-6,8,10-12H2,1-2H3. The van der Waals surface area contributed by atoms with E-state index in [4.69, 9.17) is 4.74 Å². The van der Waals surface area contributed by atoms with Crippen molar-refractivity contribution in [3.05, 3.63) is 18.2 Å². The van der Waals surface area contributed by atoms with Crippen LogP contribution in [0.15, 0.2) is 12.4 Å². The van der Waals surface area contributed by atoms with E-state index < -0.39 is 0 Å². The fourth-order valence-electron chi connectivity index (χ4n) is 2.59. The Bertz CT molecular complexity index is 447. The van der Waals surface area contributed by atoms with Crippen LogP contribution < -0.4 is 5.32 Å². The van der Waals surface area contributed by atoms with E-state index in [1.54, 1.807) is 0 Å². The van der Waals surface area contributed by atoms with Gasteiger partial charge in [-0.05, 0) is 26.3 Å². The van der Waals surface area contributed by atoms with E-state index in [2.05, 4.69) is 26.7 Å². The molecule has 0 saturated carbocycles. The minimum atomic E-state index is -0.202. The molecule has 118 valence electrons. The van der Waals surface area contributed by atoms with Gasteiger partial charge in [0.2, 0.25) is 0 Å². The maximum Gasteiger partial charge on any atom is 0.323 e. The van der Waals surface area contributed by atoms with Crippen LogP contribution in [0.4, 0.5) is 0 Å².